The molecule has 3 aromatic rings. The van der Waals surface area contributed by atoms with Crippen LogP contribution in [0.5, 0.6) is 5.75 Å². The van der Waals surface area contributed by atoms with E-state index in [9.17, 15) is 4.79 Å². The van der Waals surface area contributed by atoms with Crippen molar-refractivity contribution in [2.45, 2.75) is 13.8 Å². The second kappa shape index (κ2) is 7.19. The molecule has 0 bridgehead atoms. The standard InChI is InChI=1S/C17H19N3O2S2/c1-4-20(5-2)17-19-16-14(24-17)10-13(23-16)15(21)18-11-7-6-8-12(9-11)22-3/h6-10H,4-5H2,1-3H3,(H,18,21). The van der Waals surface area contributed by atoms with E-state index < -0.39 is 0 Å². The van der Waals surface area contributed by atoms with Crippen molar-refractivity contribution in [3.8, 4) is 5.75 Å². The highest BCUT2D eigenvalue weighted by atomic mass is 32.1. The highest BCUT2D eigenvalue weighted by molar-refractivity contribution is 7.29. The maximum absolute atomic E-state index is 12.4. The second-order valence-corrected chi connectivity index (χ2v) is 7.17. The van der Waals surface area contributed by atoms with Crippen LogP contribution in [0, 0.1) is 0 Å². The number of nitrogens with one attached hydrogen (secondary N) is 1. The number of benzene rings is 1. The minimum absolute atomic E-state index is 0.122. The van der Waals surface area contributed by atoms with Crippen molar-refractivity contribution in [3.05, 3.63) is 35.2 Å². The van der Waals surface area contributed by atoms with Crippen molar-refractivity contribution in [1.82, 2.24) is 4.98 Å². The van der Waals surface area contributed by atoms with Gasteiger partial charge in [-0.25, -0.2) is 4.98 Å². The van der Waals surface area contributed by atoms with Gasteiger partial charge in [-0.1, -0.05) is 17.4 Å². The van der Waals surface area contributed by atoms with E-state index in [4.69, 9.17) is 4.74 Å². The van der Waals surface area contributed by atoms with Crippen LogP contribution in [0.25, 0.3) is 9.53 Å². The molecule has 0 saturated heterocycles. The average Bonchev–Trinajstić information content (AvgIpc) is 3.15. The Labute approximate surface area is 148 Å². The largest absolute Gasteiger partial charge is 0.497 e. The molecule has 0 unspecified atom stereocenters. The van der Waals surface area contributed by atoms with E-state index >= 15 is 0 Å². The van der Waals surface area contributed by atoms with Crippen molar-refractivity contribution >= 4 is 48.9 Å². The summed E-state index contributed by atoms with van der Waals surface area (Å²) in [6.07, 6.45) is 0. The van der Waals surface area contributed by atoms with Gasteiger partial charge in [0, 0.05) is 24.8 Å². The van der Waals surface area contributed by atoms with Crippen LogP contribution in [0.2, 0.25) is 0 Å². The number of thiazole rings is 1. The molecule has 0 spiro atoms. The average molecular weight is 361 g/mol. The van der Waals surface area contributed by atoms with E-state index in [1.165, 1.54) is 11.3 Å². The lowest BCUT2D eigenvalue weighted by molar-refractivity contribution is 0.103. The molecule has 0 aliphatic carbocycles. The number of methoxy groups -OCH3 is 1. The van der Waals surface area contributed by atoms with Crippen LogP contribution in [0.3, 0.4) is 0 Å². The molecule has 1 amide bonds. The quantitative estimate of drug-likeness (QED) is 0.704. The Morgan fingerprint density at radius 3 is 2.71 bits per heavy atom. The third kappa shape index (κ3) is 3.37. The summed E-state index contributed by atoms with van der Waals surface area (Å²) in [5.41, 5.74) is 0.716. The van der Waals surface area contributed by atoms with E-state index in [1.54, 1.807) is 24.5 Å². The summed E-state index contributed by atoms with van der Waals surface area (Å²) in [4.78, 5) is 20.9. The zero-order valence-corrected chi connectivity index (χ0v) is 15.5. The van der Waals surface area contributed by atoms with Gasteiger partial charge in [-0.2, -0.15) is 0 Å². The van der Waals surface area contributed by atoms with Crippen LogP contribution < -0.4 is 15.0 Å². The first-order chi connectivity index (χ1) is 11.6. The Hall–Kier alpha value is -2.12. The molecule has 1 aromatic carbocycles. The van der Waals surface area contributed by atoms with Crippen LogP contribution in [-0.2, 0) is 0 Å². The number of aromatic nitrogens is 1. The van der Waals surface area contributed by atoms with E-state index in [1.807, 2.05) is 24.3 Å². The molecule has 0 radical (unpaired) electrons. The van der Waals surface area contributed by atoms with Crippen LogP contribution in [0.15, 0.2) is 30.3 Å². The summed E-state index contributed by atoms with van der Waals surface area (Å²) in [5, 5.41) is 3.92. The Kier molecular flexibility index (Phi) is 5.01. The van der Waals surface area contributed by atoms with Gasteiger partial charge in [-0.3, -0.25) is 4.79 Å². The molecule has 5 nitrogen and oxygen atoms in total. The Bertz CT molecular complexity index is 821. The number of ether oxygens (including phenoxy) is 1. The predicted octanol–water partition coefficient (Wildman–Crippen LogP) is 4.46. The molecule has 2 heterocycles. The number of anilines is 2. The van der Waals surface area contributed by atoms with Crippen molar-refractivity contribution < 1.29 is 9.53 Å². The monoisotopic (exact) mass is 361 g/mol. The van der Waals surface area contributed by atoms with Crippen molar-refractivity contribution in [3.63, 3.8) is 0 Å². The second-order valence-electron chi connectivity index (χ2n) is 5.13. The van der Waals surface area contributed by atoms with Gasteiger partial charge in [0.2, 0.25) is 0 Å². The van der Waals surface area contributed by atoms with Gasteiger partial charge in [0.1, 0.15) is 10.6 Å². The fraction of sp³-hybridized carbons (Fsp3) is 0.294. The lowest BCUT2D eigenvalue weighted by Crippen LogP contribution is -2.21. The van der Waals surface area contributed by atoms with Gasteiger partial charge >= 0.3 is 0 Å². The SMILES string of the molecule is CCN(CC)c1nc2sc(C(=O)Nc3cccc(OC)c3)cc2s1. The molecule has 0 fully saturated rings. The van der Waals surface area contributed by atoms with E-state index in [0.717, 1.165) is 27.8 Å². The van der Waals surface area contributed by atoms with Gasteiger partial charge in [-0.15, -0.1) is 11.3 Å². The number of carbonyl (C=O) groups is 1. The van der Waals surface area contributed by atoms with E-state index in [0.29, 0.717) is 16.3 Å². The van der Waals surface area contributed by atoms with Crippen LogP contribution in [-0.4, -0.2) is 31.1 Å². The number of nitrogens with zero attached hydrogens (tertiary/aromatic N) is 2. The molecule has 0 aliphatic rings. The molecule has 126 valence electrons. The zero-order valence-electron chi connectivity index (χ0n) is 13.8. The van der Waals surface area contributed by atoms with Gasteiger partial charge in [0.15, 0.2) is 5.13 Å². The normalized spacial score (nSPS) is 10.8. The van der Waals surface area contributed by atoms with E-state index in [2.05, 4.69) is 29.0 Å². The summed E-state index contributed by atoms with van der Waals surface area (Å²) >= 11 is 3.05. The molecule has 24 heavy (non-hydrogen) atoms. The Morgan fingerprint density at radius 1 is 1.25 bits per heavy atom. The molecular weight excluding hydrogens is 342 g/mol. The molecule has 2 aromatic heterocycles. The first-order valence-electron chi connectivity index (χ1n) is 7.75. The molecule has 7 heteroatoms. The fourth-order valence-electron chi connectivity index (χ4n) is 2.36. The number of rotatable bonds is 6. The van der Waals surface area contributed by atoms with Gasteiger partial charge in [0.25, 0.3) is 5.91 Å². The third-order valence-electron chi connectivity index (χ3n) is 3.66. The smallest absolute Gasteiger partial charge is 0.265 e. The fourth-order valence-corrected chi connectivity index (χ4v) is 4.59. The molecule has 3 rings (SSSR count). The highest BCUT2D eigenvalue weighted by Gasteiger charge is 2.16. The van der Waals surface area contributed by atoms with Gasteiger partial charge in [0.05, 0.1) is 16.7 Å². The zero-order chi connectivity index (χ0) is 17.1. The number of amides is 1. The number of hydrogen-bond acceptors (Lipinski definition) is 6. The molecule has 0 aliphatic heterocycles. The first-order valence-corrected chi connectivity index (χ1v) is 9.38. The minimum Gasteiger partial charge on any atom is -0.497 e. The predicted molar refractivity (Wildman–Crippen MR) is 102 cm³/mol. The summed E-state index contributed by atoms with van der Waals surface area (Å²) in [6, 6.07) is 9.24. The van der Waals surface area contributed by atoms with Crippen molar-refractivity contribution in [1.29, 1.82) is 0 Å². The Balaban J connectivity index is 1.79. The third-order valence-corrected chi connectivity index (χ3v) is 5.88. The Morgan fingerprint density at radius 2 is 2.04 bits per heavy atom. The highest BCUT2D eigenvalue weighted by Crippen LogP contribution is 2.35. The number of fused-ring (bicyclic) bond motifs is 1. The molecule has 0 atom stereocenters. The summed E-state index contributed by atoms with van der Waals surface area (Å²) in [7, 11) is 1.60. The van der Waals surface area contributed by atoms with Crippen LogP contribution in [0.4, 0.5) is 10.8 Å². The van der Waals surface area contributed by atoms with Gasteiger partial charge < -0.3 is 15.0 Å². The van der Waals surface area contributed by atoms with Crippen LogP contribution in [0.1, 0.15) is 23.5 Å². The van der Waals surface area contributed by atoms with Crippen LogP contribution >= 0.6 is 22.7 Å². The maximum Gasteiger partial charge on any atom is 0.265 e. The van der Waals surface area contributed by atoms with Gasteiger partial charge in [-0.05, 0) is 32.0 Å². The lowest BCUT2D eigenvalue weighted by atomic mass is 10.3. The molecule has 1 N–H and O–H groups in total. The number of thiophene rings is 1. The van der Waals surface area contributed by atoms with Crippen molar-refractivity contribution in [2.75, 3.05) is 30.4 Å². The number of hydrogen-bond donors (Lipinski definition) is 1. The van der Waals surface area contributed by atoms with E-state index in [-0.39, 0.29) is 5.91 Å². The molecule has 0 saturated carbocycles. The lowest BCUT2D eigenvalue weighted by Gasteiger charge is -2.16. The topological polar surface area (TPSA) is 54.5 Å². The molecular formula is C17H19N3O2S2. The summed E-state index contributed by atoms with van der Waals surface area (Å²) in [5.74, 6) is 0.591. The van der Waals surface area contributed by atoms with Crippen molar-refractivity contribution in [2.24, 2.45) is 0 Å². The summed E-state index contributed by atoms with van der Waals surface area (Å²) < 4.78 is 6.23. The minimum atomic E-state index is -0.122. The first kappa shape index (κ1) is 16.7. The number of carbonyl (C=O) groups excluding carboxylic acids is 1. The summed E-state index contributed by atoms with van der Waals surface area (Å²) in [6.45, 7) is 6.10. The maximum atomic E-state index is 12.4.